The van der Waals surface area contributed by atoms with Crippen LogP contribution in [-0.4, -0.2) is 48.9 Å². The van der Waals surface area contributed by atoms with Crippen molar-refractivity contribution in [3.8, 4) is 5.69 Å². The van der Waals surface area contributed by atoms with E-state index < -0.39 is 6.04 Å². The van der Waals surface area contributed by atoms with Crippen LogP contribution >= 0.6 is 0 Å². The molecule has 8 heteroatoms. The number of nitrogens with one attached hydrogen (secondary N) is 1. The molecule has 1 N–H and O–H groups in total. The number of nitrogens with zero attached hydrogens (tertiary/aromatic N) is 5. The second-order valence-corrected chi connectivity index (χ2v) is 8.13. The molecular weight excluding hydrogens is 392 g/mol. The SMILES string of the molecule is Cc1ccn(CC(=O)N2CCCCC2C(=O)Nc2ccc(-n3nc(C)cc3C)cc2)n1. The Bertz CT molecular complexity index is 1080. The van der Waals surface area contributed by atoms with E-state index in [4.69, 9.17) is 0 Å². The van der Waals surface area contributed by atoms with Gasteiger partial charge in [0.2, 0.25) is 11.8 Å². The fraction of sp³-hybridized carbons (Fsp3) is 0.391. The third-order valence-electron chi connectivity index (χ3n) is 5.59. The first-order valence-corrected chi connectivity index (χ1v) is 10.6. The van der Waals surface area contributed by atoms with Crippen LogP contribution in [0.1, 0.15) is 36.3 Å². The zero-order valence-electron chi connectivity index (χ0n) is 18.2. The number of carbonyl (C=O) groups excluding carboxylic acids is 2. The third kappa shape index (κ3) is 4.68. The van der Waals surface area contributed by atoms with Gasteiger partial charge in [-0.2, -0.15) is 10.2 Å². The summed E-state index contributed by atoms with van der Waals surface area (Å²) in [6.45, 7) is 6.60. The zero-order valence-corrected chi connectivity index (χ0v) is 18.2. The van der Waals surface area contributed by atoms with Crippen molar-refractivity contribution in [1.29, 1.82) is 0 Å². The molecule has 1 saturated heterocycles. The predicted molar refractivity (Wildman–Crippen MR) is 118 cm³/mol. The van der Waals surface area contributed by atoms with E-state index in [0.717, 1.165) is 35.6 Å². The van der Waals surface area contributed by atoms with Crippen LogP contribution in [0.5, 0.6) is 0 Å². The minimum atomic E-state index is -0.464. The Morgan fingerprint density at radius 3 is 2.45 bits per heavy atom. The maximum Gasteiger partial charge on any atom is 0.247 e. The molecule has 0 saturated carbocycles. The van der Waals surface area contributed by atoms with Crippen molar-refractivity contribution in [2.45, 2.75) is 52.6 Å². The molecule has 2 amide bonds. The molecule has 1 aromatic carbocycles. The molecule has 31 heavy (non-hydrogen) atoms. The van der Waals surface area contributed by atoms with Crippen molar-refractivity contribution >= 4 is 17.5 Å². The average Bonchev–Trinajstić information content (AvgIpc) is 3.32. The highest BCUT2D eigenvalue weighted by atomic mass is 16.2. The Labute approximate surface area is 181 Å². The topological polar surface area (TPSA) is 85.0 Å². The van der Waals surface area contributed by atoms with E-state index in [0.29, 0.717) is 18.7 Å². The van der Waals surface area contributed by atoms with Gasteiger partial charge >= 0.3 is 0 Å². The van der Waals surface area contributed by atoms with E-state index in [2.05, 4.69) is 15.5 Å². The minimum Gasteiger partial charge on any atom is -0.329 e. The van der Waals surface area contributed by atoms with Crippen molar-refractivity contribution in [2.24, 2.45) is 0 Å². The first-order valence-electron chi connectivity index (χ1n) is 10.6. The molecule has 1 aliphatic rings. The molecule has 8 nitrogen and oxygen atoms in total. The lowest BCUT2D eigenvalue weighted by atomic mass is 10.0. The summed E-state index contributed by atoms with van der Waals surface area (Å²) in [5.41, 5.74) is 4.52. The van der Waals surface area contributed by atoms with Gasteiger partial charge in [0.25, 0.3) is 0 Å². The lowest BCUT2D eigenvalue weighted by molar-refractivity contribution is -0.141. The van der Waals surface area contributed by atoms with E-state index in [1.807, 2.05) is 61.9 Å². The largest absolute Gasteiger partial charge is 0.329 e. The number of aryl methyl sites for hydroxylation is 3. The molecule has 2 aromatic heterocycles. The Morgan fingerprint density at radius 1 is 1.03 bits per heavy atom. The van der Waals surface area contributed by atoms with Gasteiger partial charge in [0.15, 0.2) is 0 Å². The molecule has 3 heterocycles. The van der Waals surface area contributed by atoms with E-state index in [1.54, 1.807) is 15.8 Å². The van der Waals surface area contributed by atoms with E-state index in [-0.39, 0.29) is 18.4 Å². The van der Waals surface area contributed by atoms with Gasteiger partial charge in [-0.3, -0.25) is 14.3 Å². The van der Waals surface area contributed by atoms with Crippen LogP contribution in [0, 0.1) is 20.8 Å². The summed E-state index contributed by atoms with van der Waals surface area (Å²) in [5.74, 6) is -0.230. The summed E-state index contributed by atoms with van der Waals surface area (Å²) < 4.78 is 3.50. The summed E-state index contributed by atoms with van der Waals surface area (Å²) in [5, 5.41) is 11.8. The molecule has 3 aromatic rings. The van der Waals surface area contributed by atoms with Crippen molar-refractivity contribution in [3.05, 3.63) is 59.7 Å². The van der Waals surface area contributed by atoms with Gasteiger partial charge < -0.3 is 10.2 Å². The van der Waals surface area contributed by atoms with Crippen LogP contribution in [0.4, 0.5) is 5.69 Å². The molecule has 1 aliphatic heterocycles. The highest BCUT2D eigenvalue weighted by molar-refractivity contribution is 5.97. The number of hydrogen-bond donors (Lipinski definition) is 1. The minimum absolute atomic E-state index is 0.0807. The van der Waals surface area contributed by atoms with Gasteiger partial charge in [0.1, 0.15) is 12.6 Å². The summed E-state index contributed by atoms with van der Waals surface area (Å²) in [6, 6.07) is 11.0. The first kappa shape index (κ1) is 20.8. The fourth-order valence-corrected chi connectivity index (χ4v) is 4.09. The van der Waals surface area contributed by atoms with Crippen LogP contribution in [0.25, 0.3) is 5.69 Å². The number of anilines is 1. The summed E-state index contributed by atoms with van der Waals surface area (Å²) in [7, 11) is 0. The molecule has 0 spiro atoms. The summed E-state index contributed by atoms with van der Waals surface area (Å²) in [4.78, 5) is 27.6. The number of carbonyl (C=O) groups is 2. The second-order valence-electron chi connectivity index (χ2n) is 8.13. The predicted octanol–water partition coefficient (Wildman–Crippen LogP) is 3.01. The van der Waals surface area contributed by atoms with Crippen LogP contribution in [0.3, 0.4) is 0 Å². The highest BCUT2D eigenvalue weighted by Gasteiger charge is 2.32. The van der Waals surface area contributed by atoms with Gasteiger partial charge in [-0.1, -0.05) is 0 Å². The van der Waals surface area contributed by atoms with Gasteiger partial charge in [0, 0.05) is 24.1 Å². The normalized spacial score (nSPS) is 16.4. The smallest absolute Gasteiger partial charge is 0.247 e. The molecule has 0 radical (unpaired) electrons. The van der Waals surface area contributed by atoms with Crippen LogP contribution in [-0.2, 0) is 16.1 Å². The van der Waals surface area contributed by atoms with Gasteiger partial charge in [0.05, 0.1) is 17.1 Å². The average molecular weight is 421 g/mol. The van der Waals surface area contributed by atoms with Crippen molar-refractivity contribution in [1.82, 2.24) is 24.5 Å². The van der Waals surface area contributed by atoms with E-state index in [1.165, 1.54) is 0 Å². The Hall–Kier alpha value is -3.42. The van der Waals surface area contributed by atoms with Gasteiger partial charge in [-0.15, -0.1) is 0 Å². The standard InChI is InChI=1S/C23H28N6O2/c1-16-11-13-27(25-16)15-22(30)28-12-5-4-6-21(28)23(31)24-19-7-9-20(10-8-19)29-18(3)14-17(2)26-29/h7-11,13-14,21H,4-6,12,15H2,1-3H3,(H,24,31). The van der Waals surface area contributed by atoms with Crippen molar-refractivity contribution in [2.75, 3.05) is 11.9 Å². The van der Waals surface area contributed by atoms with Crippen molar-refractivity contribution < 1.29 is 9.59 Å². The summed E-state index contributed by atoms with van der Waals surface area (Å²) >= 11 is 0. The lowest BCUT2D eigenvalue weighted by Crippen LogP contribution is -2.51. The fourth-order valence-electron chi connectivity index (χ4n) is 4.09. The monoisotopic (exact) mass is 420 g/mol. The number of benzene rings is 1. The quantitative estimate of drug-likeness (QED) is 0.688. The molecule has 0 aliphatic carbocycles. The number of aromatic nitrogens is 4. The Balaban J connectivity index is 1.43. The van der Waals surface area contributed by atoms with Crippen LogP contribution in [0.2, 0.25) is 0 Å². The molecule has 1 atom stereocenters. The Morgan fingerprint density at radius 2 is 1.81 bits per heavy atom. The molecule has 162 valence electrons. The molecule has 1 unspecified atom stereocenters. The van der Waals surface area contributed by atoms with E-state index >= 15 is 0 Å². The number of hydrogen-bond acceptors (Lipinski definition) is 4. The van der Waals surface area contributed by atoms with Crippen LogP contribution in [0.15, 0.2) is 42.6 Å². The summed E-state index contributed by atoms with van der Waals surface area (Å²) in [6.07, 6.45) is 4.29. The number of amides is 2. The Kier molecular flexibility index (Phi) is 5.88. The van der Waals surface area contributed by atoms with E-state index in [9.17, 15) is 9.59 Å². The van der Waals surface area contributed by atoms with Crippen molar-refractivity contribution in [3.63, 3.8) is 0 Å². The molecule has 1 fully saturated rings. The third-order valence-corrected chi connectivity index (χ3v) is 5.59. The maximum absolute atomic E-state index is 13.0. The molecule has 0 bridgehead atoms. The van der Waals surface area contributed by atoms with Gasteiger partial charge in [-0.25, -0.2) is 4.68 Å². The maximum atomic E-state index is 13.0. The first-order chi connectivity index (χ1) is 14.9. The molecular formula is C23H28N6O2. The zero-order chi connectivity index (χ0) is 22.0. The number of rotatable bonds is 5. The van der Waals surface area contributed by atoms with Gasteiger partial charge in [-0.05, 0) is 76.4 Å². The molecule has 4 rings (SSSR count). The number of likely N-dealkylation sites (tertiary alicyclic amines) is 1. The van der Waals surface area contributed by atoms with Crippen LogP contribution < -0.4 is 5.32 Å². The lowest BCUT2D eigenvalue weighted by Gasteiger charge is -2.34. The highest BCUT2D eigenvalue weighted by Crippen LogP contribution is 2.21. The second kappa shape index (κ2) is 8.75. The number of piperidine rings is 1.